The molecule has 0 aromatic carbocycles. The first-order chi connectivity index (χ1) is 15.1. The van der Waals surface area contributed by atoms with Gasteiger partial charge >= 0.3 is 11.9 Å². The van der Waals surface area contributed by atoms with Gasteiger partial charge in [0.1, 0.15) is 6.73 Å². The number of unbranched alkanes of at least 4 members (excludes halogenated alkanes) is 1. The van der Waals surface area contributed by atoms with Gasteiger partial charge in [-0.2, -0.15) is 8.42 Å². The number of carbonyl (C=O) groups excluding carboxylic acids is 1. The summed E-state index contributed by atoms with van der Waals surface area (Å²) in [7, 11) is -4.01. The molecule has 0 radical (unpaired) electrons. The molecule has 0 aromatic heterocycles. The number of quaternary nitrogens is 1. The standard InChI is InChI=1S/C18H34N4O9S/c23-16-31-15-22-10-8-20(13-17(24)25)6-4-19(3-1-2-12-32(28,29)30)5-7-21(9-11-22)14-18(26)27/h16H,1-15H2,(H,24,25)(H,26,27)(H,28,29,30)/p+1. The van der Waals surface area contributed by atoms with Gasteiger partial charge in [0.05, 0.1) is 38.5 Å². The molecule has 1 rings (SSSR count). The van der Waals surface area contributed by atoms with Crippen molar-refractivity contribution in [2.45, 2.75) is 12.8 Å². The zero-order valence-corrected chi connectivity index (χ0v) is 19.0. The molecule has 0 atom stereocenters. The van der Waals surface area contributed by atoms with Crippen LogP contribution in [0.1, 0.15) is 12.8 Å². The molecule has 14 heteroatoms. The molecule has 0 bridgehead atoms. The fourth-order valence-corrected chi connectivity index (χ4v) is 4.10. The minimum absolute atomic E-state index is 0.0382. The highest BCUT2D eigenvalue weighted by atomic mass is 32.2. The van der Waals surface area contributed by atoms with Gasteiger partial charge in [0, 0.05) is 39.3 Å². The van der Waals surface area contributed by atoms with Gasteiger partial charge in [0.25, 0.3) is 16.6 Å². The van der Waals surface area contributed by atoms with Gasteiger partial charge in [0.15, 0.2) is 0 Å². The summed E-state index contributed by atoms with van der Waals surface area (Å²) in [5, 5.41) is 18.4. The maximum absolute atomic E-state index is 11.3. The van der Waals surface area contributed by atoms with E-state index in [1.165, 1.54) is 0 Å². The predicted octanol–water partition coefficient (Wildman–Crippen LogP) is -3.24. The van der Waals surface area contributed by atoms with Crippen molar-refractivity contribution in [3.05, 3.63) is 0 Å². The molecule has 0 unspecified atom stereocenters. The van der Waals surface area contributed by atoms with Crippen molar-refractivity contribution in [3.8, 4) is 0 Å². The van der Waals surface area contributed by atoms with Crippen molar-refractivity contribution in [2.75, 3.05) is 84.5 Å². The fourth-order valence-electron chi connectivity index (χ4n) is 3.53. The van der Waals surface area contributed by atoms with Gasteiger partial charge < -0.3 is 19.8 Å². The molecule has 186 valence electrons. The Morgan fingerprint density at radius 3 is 1.81 bits per heavy atom. The normalized spacial score (nSPS) is 19.0. The number of aliphatic carboxylic acids is 2. The van der Waals surface area contributed by atoms with Crippen LogP contribution in [0, 0.1) is 0 Å². The number of carbonyl (C=O) groups is 3. The van der Waals surface area contributed by atoms with Crippen molar-refractivity contribution in [1.29, 1.82) is 0 Å². The van der Waals surface area contributed by atoms with Crippen LogP contribution in [0.2, 0.25) is 0 Å². The zero-order valence-electron chi connectivity index (χ0n) is 18.2. The quantitative estimate of drug-likeness (QED) is 0.124. The van der Waals surface area contributed by atoms with E-state index >= 15 is 0 Å². The molecule has 1 saturated heterocycles. The highest BCUT2D eigenvalue weighted by Gasteiger charge is 2.20. The molecule has 0 aliphatic carbocycles. The molecule has 4 N–H and O–H groups in total. The lowest BCUT2D eigenvalue weighted by Gasteiger charge is -2.31. The average molecular weight is 484 g/mol. The number of rotatable bonds is 12. The first-order valence-corrected chi connectivity index (χ1v) is 12.1. The van der Waals surface area contributed by atoms with Gasteiger partial charge in [-0.05, 0) is 12.8 Å². The molecular formula is C18H35N4O9S+. The third-order valence-corrected chi connectivity index (χ3v) is 6.06. The van der Waals surface area contributed by atoms with Crippen molar-refractivity contribution in [2.24, 2.45) is 0 Å². The van der Waals surface area contributed by atoms with E-state index in [0.29, 0.717) is 78.2 Å². The Labute approximate surface area is 188 Å². The van der Waals surface area contributed by atoms with E-state index in [4.69, 9.17) is 9.29 Å². The van der Waals surface area contributed by atoms with Gasteiger partial charge in [-0.25, -0.2) is 0 Å². The van der Waals surface area contributed by atoms with Gasteiger partial charge in [0.2, 0.25) is 0 Å². The second-order valence-electron chi connectivity index (χ2n) is 7.84. The van der Waals surface area contributed by atoms with E-state index in [9.17, 15) is 33.0 Å². The van der Waals surface area contributed by atoms with E-state index in [2.05, 4.69) is 0 Å². The summed E-state index contributed by atoms with van der Waals surface area (Å²) in [6, 6.07) is 0. The number of ether oxygens (including phenoxy) is 1. The summed E-state index contributed by atoms with van der Waals surface area (Å²) in [6.07, 6.45) is 0.871. The summed E-state index contributed by atoms with van der Waals surface area (Å²) < 4.78 is 35.5. The SMILES string of the molecule is O=COCN1CCN(CC(=O)O)CC[NH+](CCCCS(=O)(=O)O)CCN(CC(=O)O)CC1. The number of hydrogen-bond donors (Lipinski definition) is 4. The Morgan fingerprint density at radius 1 is 0.875 bits per heavy atom. The fraction of sp³-hybridized carbons (Fsp3) is 0.833. The topological polar surface area (TPSA) is 169 Å². The monoisotopic (exact) mass is 483 g/mol. The Hall–Kier alpha value is -1.84. The van der Waals surface area contributed by atoms with Crippen LogP contribution in [0.5, 0.6) is 0 Å². The van der Waals surface area contributed by atoms with Crippen LogP contribution >= 0.6 is 0 Å². The van der Waals surface area contributed by atoms with Crippen LogP contribution in [0.15, 0.2) is 0 Å². The van der Waals surface area contributed by atoms with E-state index < -0.39 is 22.1 Å². The van der Waals surface area contributed by atoms with Crippen LogP contribution in [-0.2, 0) is 29.2 Å². The molecular weight excluding hydrogens is 448 g/mol. The van der Waals surface area contributed by atoms with E-state index in [-0.39, 0.29) is 25.6 Å². The number of hydrogen-bond acceptors (Lipinski definition) is 9. The molecule has 0 amide bonds. The Morgan fingerprint density at radius 2 is 1.38 bits per heavy atom. The lowest BCUT2D eigenvalue weighted by atomic mass is 10.3. The average Bonchev–Trinajstić information content (AvgIpc) is 2.68. The van der Waals surface area contributed by atoms with E-state index in [1.807, 2.05) is 4.90 Å². The number of carboxylic acids is 2. The smallest absolute Gasteiger partial charge is 0.317 e. The van der Waals surface area contributed by atoms with E-state index in [0.717, 1.165) is 4.90 Å². The Bertz CT molecular complexity index is 660. The summed E-state index contributed by atoms with van der Waals surface area (Å²) in [4.78, 5) is 39.6. The molecule has 0 spiro atoms. The molecule has 0 saturated carbocycles. The first-order valence-electron chi connectivity index (χ1n) is 10.5. The second kappa shape index (κ2) is 15.1. The highest BCUT2D eigenvalue weighted by Crippen LogP contribution is 1.98. The Kier molecular flexibility index (Phi) is 13.3. The number of nitrogens with one attached hydrogen (secondary N) is 1. The molecule has 1 aliphatic heterocycles. The van der Waals surface area contributed by atoms with Crippen LogP contribution in [-0.4, -0.2) is 141 Å². The third-order valence-electron chi connectivity index (χ3n) is 5.25. The third kappa shape index (κ3) is 14.3. The zero-order chi connectivity index (χ0) is 24.0. The van der Waals surface area contributed by atoms with Crippen LogP contribution < -0.4 is 4.90 Å². The second-order valence-corrected chi connectivity index (χ2v) is 9.42. The van der Waals surface area contributed by atoms with Crippen LogP contribution in [0.3, 0.4) is 0 Å². The van der Waals surface area contributed by atoms with Crippen LogP contribution in [0.25, 0.3) is 0 Å². The van der Waals surface area contributed by atoms with Gasteiger partial charge in [-0.3, -0.25) is 33.6 Å². The maximum Gasteiger partial charge on any atom is 0.317 e. The van der Waals surface area contributed by atoms with Crippen molar-refractivity contribution >= 4 is 28.5 Å². The van der Waals surface area contributed by atoms with Crippen molar-refractivity contribution in [3.63, 3.8) is 0 Å². The summed E-state index contributed by atoms with van der Waals surface area (Å²) in [6.45, 7) is 4.67. The summed E-state index contributed by atoms with van der Waals surface area (Å²) >= 11 is 0. The molecule has 32 heavy (non-hydrogen) atoms. The van der Waals surface area contributed by atoms with Crippen molar-refractivity contribution < 1.29 is 47.2 Å². The van der Waals surface area contributed by atoms with Gasteiger partial charge in [-0.15, -0.1) is 0 Å². The minimum atomic E-state index is -4.01. The van der Waals surface area contributed by atoms with E-state index in [1.54, 1.807) is 9.80 Å². The highest BCUT2D eigenvalue weighted by molar-refractivity contribution is 7.85. The first kappa shape index (κ1) is 28.2. The molecule has 1 heterocycles. The lowest BCUT2D eigenvalue weighted by Crippen LogP contribution is -3.13. The molecule has 13 nitrogen and oxygen atoms in total. The molecule has 1 aliphatic rings. The Balaban J connectivity index is 2.83. The summed E-state index contributed by atoms with van der Waals surface area (Å²) in [5.41, 5.74) is 0. The molecule has 0 aromatic rings. The largest absolute Gasteiger partial charge is 0.480 e. The minimum Gasteiger partial charge on any atom is -0.480 e. The van der Waals surface area contributed by atoms with Crippen molar-refractivity contribution in [1.82, 2.24) is 14.7 Å². The predicted molar refractivity (Wildman–Crippen MR) is 113 cm³/mol. The lowest BCUT2D eigenvalue weighted by molar-refractivity contribution is -0.899. The summed E-state index contributed by atoms with van der Waals surface area (Å²) in [5.74, 6) is -2.21. The maximum atomic E-state index is 11.3. The van der Waals surface area contributed by atoms with Crippen LogP contribution in [0.4, 0.5) is 0 Å². The van der Waals surface area contributed by atoms with Gasteiger partial charge in [-0.1, -0.05) is 0 Å². The molecule has 1 fully saturated rings. The number of nitrogens with zero attached hydrogens (tertiary/aromatic N) is 3. The number of carboxylic acid groups (broad SMARTS) is 2.